The van der Waals surface area contributed by atoms with Gasteiger partial charge in [0, 0.05) is 19.2 Å². The molecule has 0 radical (unpaired) electrons. The molecule has 0 aliphatic carbocycles. The van der Waals surface area contributed by atoms with Crippen LogP contribution >= 0.6 is 0 Å². The number of likely N-dealkylation sites (tertiary alicyclic amines) is 1. The van der Waals surface area contributed by atoms with E-state index in [2.05, 4.69) is 12.2 Å². The van der Waals surface area contributed by atoms with Crippen LogP contribution in [-0.2, 0) is 0 Å². The number of nitrogens with zero attached hydrogens (tertiary/aromatic N) is 2. The molecule has 1 aliphatic rings. The van der Waals surface area contributed by atoms with Gasteiger partial charge in [0.15, 0.2) is 0 Å². The molecule has 1 fully saturated rings. The number of benzene rings is 1. The summed E-state index contributed by atoms with van der Waals surface area (Å²) >= 11 is 0. The van der Waals surface area contributed by atoms with E-state index < -0.39 is 4.92 Å². The predicted octanol–water partition coefficient (Wildman–Crippen LogP) is 2.56. The normalized spacial score (nSPS) is 18.6. The van der Waals surface area contributed by atoms with Crippen LogP contribution in [-0.4, -0.2) is 34.1 Å². The summed E-state index contributed by atoms with van der Waals surface area (Å²) in [6.45, 7) is 3.45. The number of carbonyl (C=O) groups is 1. The van der Waals surface area contributed by atoms with Gasteiger partial charge in [0.25, 0.3) is 5.69 Å². The second-order valence-corrected chi connectivity index (χ2v) is 5.08. The van der Waals surface area contributed by atoms with Gasteiger partial charge in [-0.25, -0.2) is 4.79 Å². The molecule has 1 aromatic rings. The number of nitro groups is 1. The topological polar surface area (TPSA) is 95.7 Å². The third kappa shape index (κ3) is 3.17. The van der Waals surface area contributed by atoms with E-state index in [1.165, 1.54) is 12.1 Å². The Hall–Kier alpha value is -2.31. The summed E-state index contributed by atoms with van der Waals surface area (Å²) in [5.74, 6) is 0.151. The SMILES string of the molecule is CC1CCCN(C(=O)Nc2ccc([N+](=O)[O-])cc2O)C1. The molecule has 20 heavy (non-hydrogen) atoms. The molecule has 1 aromatic carbocycles. The highest BCUT2D eigenvalue weighted by Crippen LogP contribution is 2.28. The third-order valence-electron chi connectivity index (χ3n) is 3.38. The van der Waals surface area contributed by atoms with Gasteiger partial charge in [-0.15, -0.1) is 0 Å². The molecular weight excluding hydrogens is 262 g/mol. The van der Waals surface area contributed by atoms with E-state index >= 15 is 0 Å². The summed E-state index contributed by atoms with van der Waals surface area (Å²) in [4.78, 5) is 23.7. The highest BCUT2D eigenvalue weighted by atomic mass is 16.6. The molecule has 0 bridgehead atoms. The highest BCUT2D eigenvalue weighted by Gasteiger charge is 2.22. The standard InChI is InChI=1S/C13H17N3O4/c1-9-3-2-6-15(8-9)13(18)14-11-5-4-10(16(19)20)7-12(11)17/h4-5,7,9,17H,2-3,6,8H2,1H3,(H,14,18). The molecule has 1 saturated heterocycles. The van der Waals surface area contributed by atoms with Crippen molar-refractivity contribution >= 4 is 17.4 Å². The molecule has 2 amide bonds. The number of phenolic OH excluding ortho intramolecular Hbond substituents is 1. The van der Waals surface area contributed by atoms with Crippen molar-refractivity contribution in [3.63, 3.8) is 0 Å². The van der Waals surface area contributed by atoms with Gasteiger partial charge in [0.1, 0.15) is 5.75 Å². The van der Waals surface area contributed by atoms with Crippen molar-refractivity contribution < 1.29 is 14.8 Å². The van der Waals surface area contributed by atoms with Gasteiger partial charge in [-0.05, 0) is 24.8 Å². The Bertz CT molecular complexity index is 532. The van der Waals surface area contributed by atoms with Crippen LogP contribution in [0.15, 0.2) is 18.2 Å². The lowest BCUT2D eigenvalue weighted by Crippen LogP contribution is -2.41. The first kappa shape index (κ1) is 14.1. The number of phenols is 1. The molecule has 0 aromatic heterocycles. The van der Waals surface area contributed by atoms with Crippen LogP contribution in [0.5, 0.6) is 5.75 Å². The zero-order valence-corrected chi connectivity index (χ0v) is 11.2. The van der Waals surface area contributed by atoms with E-state index in [0.29, 0.717) is 19.0 Å². The molecule has 1 aliphatic heterocycles. The zero-order chi connectivity index (χ0) is 14.7. The van der Waals surface area contributed by atoms with Crippen LogP contribution in [0.3, 0.4) is 0 Å². The second-order valence-electron chi connectivity index (χ2n) is 5.08. The van der Waals surface area contributed by atoms with Gasteiger partial charge in [-0.2, -0.15) is 0 Å². The van der Waals surface area contributed by atoms with E-state index in [0.717, 1.165) is 18.9 Å². The van der Waals surface area contributed by atoms with Crippen LogP contribution in [0, 0.1) is 16.0 Å². The van der Waals surface area contributed by atoms with Crippen LogP contribution in [0.2, 0.25) is 0 Å². The summed E-state index contributed by atoms with van der Waals surface area (Å²) in [6, 6.07) is 3.31. The minimum Gasteiger partial charge on any atom is -0.506 e. The fourth-order valence-electron chi connectivity index (χ4n) is 2.31. The van der Waals surface area contributed by atoms with E-state index in [-0.39, 0.29) is 23.2 Å². The number of carbonyl (C=O) groups excluding carboxylic acids is 1. The van der Waals surface area contributed by atoms with E-state index in [1.807, 2.05) is 0 Å². The first-order valence-electron chi connectivity index (χ1n) is 6.50. The Labute approximate surface area is 116 Å². The first-order valence-corrected chi connectivity index (χ1v) is 6.50. The van der Waals surface area contributed by atoms with Gasteiger partial charge in [0.2, 0.25) is 0 Å². The number of hydrogen-bond acceptors (Lipinski definition) is 4. The molecule has 0 spiro atoms. The zero-order valence-electron chi connectivity index (χ0n) is 11.2. The maximum Gasteiger partial charge on any atom is 0.321 e. The average molecular weight is 279 g/mol. The molecule has 2 rings (SSSR count). The highest BCUT2D eigenvalue weighted by molar-refractivity contribution is 5.91. The van der Waals surface area contributed by atoms with E-state index in [9.17, 15) is 20.0 Å². The second kappa shape index (κ2) is 5.77. The van der Waals surface area contributed by atoms with Crippen LogP contribution in [0.4, 0.5) is 16.2 Å². The van der Waals surface area contributed by atoms with Crippen molar-refractivity contribution in [2.75, 3.05) is 18.4 Å². The minimum atomic E-state index is -0.600. The van der Waals surface area contributed by atoms with Gasteiger partial charge < -0.3 is 15.3 Å². The van der Waals surface area contributed by atoms with Gasteiger partial charge in [-0.3, -0.25) is 10.1 Å². The number of nitro benzene ring substituents is 1. The Balaban J connectivity index is 2.06. The fourth-order valence-corrected chi connectivity index (χ4v) is 2.31. The number of non-ortho nitro benzene ring substituents is 1. The van der Waals surface area contributed by atoms with E-state index in [1.54, 1.807) is 4.90 Å². The van der Waals surface area contributed by atoms with Crippen molar-refractivity contribution in [1.29, 1.82) is 0 Å². The predicted molar refractivity (Wildman–Crippen MR) is 73.8 cm³/mol. The fraction of sp³-hybridized carbons (Fsp3) is 0.462. The van der Waals surface area contributed by atoms with Crippen LogP contribution in [0.1, 0.15) is 19.8 Å². The Morgan fingerprint density at radius 2 is 2.30 bits per heavy atom. The van der Waals surface area contributed by atoms with Crippen LogP contribution < -0.4 is 5.32 Å². The number of piperidine rings is 1. The summed E-state index contributed by atoms with van der Waals surface area (Å²) in [6.07, 6.45) is 2.06. The average Bonchev–Trinajstić information content (AvgIpc) is 2.40. The van der Waals surface area contributed by atoms with E-state index in [4.69, 9.17) is 0 Å². The lowest BCUT2D eigenvalue weighted by atomic mass is 10.0. The molecule has 108 valence electrons. The number of rotatable bonds is 2. The van der Waals surface area contributed by atoms with Crippen molar-refractivity contribution in [3.05, 3.63) is 28.3 Å². The maximum atomic E-state index is 12.1. The molecule has 7 nitrogen and oxygen atoms in total. The minimum absolute atomic E-state index is 0.179. The molecule has 1 atom stereocenters. The third-order valence-corrected chi connectivity index (χ3v) is 3.38. The van der Waals surface area contributed by atoms with Crippen molar-refractivity contribution in [1.82, 2.24) is 4.90 Å². The lowest BCUT2D eigenvalue weighted by Gasteiger charge is -2.30. The van der Waals surface area contributed by atoms with Crippen molar-refractivity contribution in [3.8, 4) is 5.75 Å². The van der Waals surface area contributed by atoms with Gasteiger partial charge >= 0.3 is 6.03 Å². The number of anilines is 1. The number of amides is 2. The largest absolute Gasteiger partial charge is 0.506 e. The summed E-state index contributed by atoms with van der Waals surface area (Å²) in [5.41, 5.74) is -0.0362. The summed E-state index contributed by atoms with van der Waals surface area (Å²) in [7, 11) is 0. The molecular formula is C13H17N3O4. The quantitative estimate of drug-likeness (QED) is 0.494. The van der Waals surface area contributed by atoms with Gasteiger partial charge in [0.05, 0.1) is 16.7 Å². The van der Waals surface area contributed by atoms with Crippen LogP contribution in [0.25, 0.3) is 0 Å². The number of aromatic hydroxyl groups is 1. The van der Waals surface area contributed by atoms with Gasteiger partial charge in [-0.1, -0.05) is 6.92 Å². The Kier molecular flexibility index (Phi) is 4.07. The molecule has 0 saturated carbocycles. The smallest absolute Gasteiger partial charge is 0.321 e. The molecule has 7 heteroatoms. The number of nitrogens with one attached hydrogen (secondary N) is 1. The maximum absolute atomic E-state index is 12.1. The van der Waals surface area contributed by atoms with Crippen molar-refractivity contribution in [2.45, 2.75) is 19.8 Å². The monoisotopic (exact) mass is 279 g/mol. The molecule has 1 heterocycles. The number of urea groups is 1. The Morgan fingerprint density at radius 3 is 2.90 bits per heavy atom. The van der Waals surface area contributed by atoms with Crippen molar-refractivity contribution in [2.24, 2.45) is 5.92 Å². The number of hydrogen-bond donors (Lipinski definition) is 2. The summed E-state index contributed by atoms with van der Waals surface area (Å²) in [5, 5.41) is 22.9. The molecule has 2 N–H and O–H groups in total. The first-order chi connectivity index (χ1) is 9.47. The lowest BCUT2D eigenvalue weighted by molar-refractivity contribution is -0.384. The molecule has 1 unspecified atom stereocenters. The Morgan fingerprint density at radius 1 is 1.55 bits per heavy atom. The summed E-state index contributed by atoms with van der Waals surface area (Å²) < 4.78 is 0.